The lowest BCUT2D eigenvalue weighted by atomic mass is 10.1. The third-order valence-electron chi connectivity index (χ3n) is 2.46. The van der Waals surface area contributed by atoms with Crippen LogP contribution < -0.4 is 5.32 Å². The van der Waals surface area contributed by atoms with Gasteiger partial charge in [0, 0.05) is 0 Å². The summed E-state index contributed by atoms with van der Waals surface area (Å²) in [5.41, 5.74) is 0. The van der Waals surface area contributed by atoms with Crippen LogP contribution in [0.1, 0.15) is 47.0 Å². The maximum Gasteiger partial charge on any atom is 0.133 e. The standard InChI is InChI=1S/C12H20ClNO.C2H6/c1-3-5-11(13)12(4-2)15-10-6-8-14-9-7-10;1-2/h4-5,10,14H,3,6-9H2,1-2H3;1-2H3/b11-5+,12-4+;. The Morgan fingerprint density at radius 2 is 1.94 bits per heavy atom. The van der Waals surface area contributed by atoms with Crippen LogP contribution in [0.15, 0.2) is 22.9 Å². The summed E-state index contributed by atoms with van der Waals surface area (Å²) in [5, 5.41) is 4.05. The van der Waals surface area contributed by atoms with E-state index in [1.165, 1.54) is 0 Å². The summed E-state index contributed by atoms with van der Waals surface area (Å²) >= 11 is 6.12. The Morgan fingerprint density at radius 1 is 1.35 bits per heavy atom. The van der Waals surface area contributed by atoms with E-state index in [2.05, 4.69) is 12.2 Å². The fraction of sp³-hybridized carbons (Fsp3) is 0.714. The lowest BCUT2D eigenvalue weighted by Crippen LogP contribution is -2.32. The molecule has 1 fully saturated rings. The van der Waals surface area contributed by atoms with E-state index in [1.54, 1.807) is 0 Å². The normalized spacial score (nSPS) is 18.4. The van der Waals surface area contributed by atoms with E-state index >= 15 is 0 Å². The summed E-state index contributed by atoms with van der Waals surface area (Å²) in [5.74, 6) is 0.824. The summed E-state index contributed by atoms with van der Waals surface area (Å²) in [6.07, 6.45) is 7.30. The molecule has 0 spiro atoms. The van der Waals surface area contributed by atoms with Gasteiger partial charge in [0.05, 0.1) is 5.03 Å². The van der Waals surface area contributed by atoms with Gasteiger partial charge < -0.3 is 10.1 Å². The van der Waals surface area contributed by atoms with Crippen molar-refractivity contribution >= 4 is 11.6 Å². The van der Waals surface area contributed by atoms with Crippen LogP contribution in [0, 0.1) is 0 Å². The van der Waals surface area contributed by atoms with Crippen LogP contribution >= 0.6 is 11.6 Å². The third-order valence-corrected chi connectivity index (χ3v) is 2.80. The van der Waals surface area contributed by atoms with E-state index in [1.807, 2.05) is 32.9 Å². The topological polar surface area (TPSA) is 21.3 Å². The van der Waals surface area contributed by atoms with Crippen molar-refractivity contribution in [2.45, 2.75) is 53.1 Å². The first-order valence-electron chi connectivity index (χ1n) is 6.67. The molecule has 0 saturated carbocycles. The number of rotatable bonds is 4. The first-order valence-corrected chi connectivity index (χ1v) is 7.05. The fourth-order valence-corrected chi connectivity index (χ4v) is 1.94. The van der Waals surface area contributed by atoms with Gasteiger partial charge in [-0.2, -0.15) is 0 Å². The first-order chi connectivity index (χ1) is 8.27. The van der Waals surface area contributed by atoms with Crippen LogP contribution in [0.4, 0.5) is 0 Å². The van der Waals surface area contributed by atoms with E-state index in [0.717, 1.165) is 43.1 Å². The van der Waals surface area contributed by atoms with E-state index in [-0.39, 0.29) is 0 Å². The van der Waals surface area contributed by atoms with Gasteiger partial charge in [0.25, 0.3) is 0 Å². The van der Waals surface area contributed by atoms with Crippen molar-refractivity contribution in [3.8, 4) is 0 Å². The highest BCUT2D eigenvalue weighted by molar-refractivity contribution is 6.31. The van der Waals surface area contributed by atoms with E-state index in [0.29, 0.717) is 6.10 Å². The van der Waals surface area contributed by atoms with Crippen LogP contribution in [0.5, 0.6) is 0 Å². The lowest BCUT2D eigenvalue weighted by molar-refractivity contribution is 0.0946. The molecular formula is C14H26ClNO. The maximum atomic E-state index is 6.12. The number of piperidine rings is 1. The van der Waals surface area contributed by atoms with Crippen molar-refractivity contribution in [2.24, 2.45) is 0 Å². The molecule has 0 unspecified atom stereocenters. The van der Waals surface area contributed by atoms with Gasteiger partial charge in [0.15, 0.2) is 0 Å². The van der Waals surface area contributed by atoms with E-state index in [9.17, 15) is 0 Å². The van der Waals surface area contributed by atoms with Crippen molar-refractivity contribution < 1.29 is 4.74 Å². The molecule has 100 valence electrons. The van der Waals surface area contributed by atoms with Crippen LogP contribution in [0.2, 0.25) is 0 Å². The molecule has 0 bridgehead atoms. The van der Waals surface area contributed by atoms with Gasteiger partial charge in [-0.25, -0.2) is 0 Å². The van der Waals surface area contributed by atoms with Gasteiger partial charge in [0.1, 0.15) is 11.9 Å². The highest BCUT2D eigenvalue weighted by Crippen LogP contribution is 2.21. The van der Waals surface area contributed by atoms with E-state index < -0.39 is 0 Å². The Labute approximate surface area is 111 Å². The number of hydrogen-bond donors (Lipinski definition) is 1. The minimum Gasteiger partial charge on any atom is -0.489 e. The summed E-state index contributed by atoms with van der Waals surface area (Å²) in [4.78, 5) is 0. The second kappa shape index (κ2) is 10.7. The molecule has 1 N–H and O–H groups in total. The minimum atomic E-state index is 0.316. The Balaban J connectivity index is 0.00000121. The molecule has 0 aromatic carbocycles. The highest BCUT2D eigenvalue weighted by atomic mass is 35.5. The molecular weight excluding hydrogens is 234 g/mol. The van der Waals surface area contributed by atoms with Gasteiger partial charge in [-0.3, -0.25) is 0 Å². The molecule has 17 heavy (non-hydrogen) atoms. The van der Waals surface area contributed by atoms with Gasteiger partial charge >= 0.3 is 0 Å². The van der Waals surface area contributed by atoms with Crippen molar-refractivity contribution in [3.63, 3.8) is 0 Å². The summed E-state index contributed by atoms with van der Waals surface area (Å²) in [6.45, 7) is 10.1. The molecule has 0 aromatic rings. The molecule has 1 aliphatic heterocycles. The monoisotopic (exact) mass is 259 g/mol. The number of allylic oxidation sites excluding steroid dienone is 3. The van der Waals surface area contributed by atoms with Crippen molar-refractivity contribution in [2.75, 3.05) is 13.1 Å². The molecule has 0 aliphatic carbocycles. The van der Waals surface area contributed by atoms with Gasteiger partial charge in [-0.15, -0.1) is 0 Å². The predicted molar refractivity (Wildman–Crippen MR) is 76.3 cm³/mol. The molecule has 3 heteroatoms. The molecule has 1 saturated heterocycles. The van der Waals surface area contributed by atoms with Crippen molar-refractivity contribution in [3.05, 3.63) is 22.9 Å². The Bertz CT molecular complexity index is 243. The van der Waals surface area contributed by atoms with Crippen LogP contribution in [-0.2, 0) is 4.74 Å². The molecule has 1 aliphatic rings. The Morgan fingerprint density at radius 3 is 2.41 bits per heavy atom. The first kappa shape index (κ1) is 16.5. The number of nitrogens with one attached hydrogen (secondary N) is 1. The molecule has 0 radical (unpaired) electrons. The zero-order valence-electron chi connectivity index (χ0n) is 11.6. The average molecular weight is 260 g/mol. The fourth-order valence-electron chi connectivity index (χ4n) is 1.63. The van der Waals surface area contributed by atoms with Gasteiger partial charge in [0.2, 0.25) is 0 Å². The largest absolute Gasteiger partial charge is 0.489 e. The SMILES string of the molecule is C/C=C(OC1CCNCC1)\C(Cl)=C/CC.CC. The Hall–Kier alpha value is -0.470. The van der Waals surface area contributed by atoms with Crippen LogP contribution in [0.3, 0.4) is 0 Å². The molecule has 1 rings (SSSR count). The maximum absolute atomic E-state index is 6.12. The number of hydrogen-bond acceptors (Lipinski definition) is 2. The number of halogens is 1. The molecule has 0 aromatic heterocycles. The summed E-state index contributed by atoms with van der Waals surface area (Å²) in [7, 11) is 0. The minimum absolute atomic E-state index is 0.316. The summed E-state index contributed by atoms with van der Waals surface area (Å²) < 4.78 is 5.88. The van der Waals surface area contributed by atoms with Crippen molar-refractivity contribution in [1.29, 1.82) is 0 Å². The van der Waals surface area contributed by atoms with Crippen LogP contribution in [-0.4, -0.2) is 19.2 Å². The van der Waals surface area contributed by atoms with Gasteiger partial charge in [-0.1, -0.05) is 38.4 Å². The smallest absolute Gasteiger partial charge is 0.133 e. The lowest BCUT2D eigenvalue weighted by Gasteiger charge is -2.25. The zero-order chi connectivity index (χ0) is 13.1. The van der Waals surface area contributed by atoms with E-state index in [4.69, 9.17) is 16.3 Å². The quantitative estimate of drug-likeness (QED) is 0.603. The Kier molecular flexibility index (Phi) is 10.4. The predicted octanol–water partition coefficient (Wildman–Crippen LogP) is 4.22. The summed E-state index contributed by atoms with van der Waals surface area (Å²) in [6, 6.07) is 0. The second-order valence-electron chi connectivity index (χ2n) is 3.68. The molecule has 1 heterocycles. The number of ether oxygens (including phenoxy) is 1. The second-order valence-corrected chi connectivity index (χ2v) is 4.09. The van der Waals surface area contributed by atoms with Gasteiger partial charge in [-0.05, 0) is 45.4 Å². The van der Waals surface area contributed by atoms with Crippen molar-refractivity contribution in [1.82, 2.24) is 5.32 Å². The molecule has 0 atom stereocenters. The molecule has 0 amide bonds. The average Bonchev–Trinajstić information content (AvgIpc) is 2.39. The van der Waals surface area contributed by atoms with Crippen LogP contribution in [0.25, 0.3) is 0 Å². The zero-order valence-corrected chi connectivity index (χ0v) is 12.3. The molecule has 2 nitrogen and oxygen atoms in total. The highest BCUT2D eigenvalue weighted by Gasteiger charge is 2.16. The third kappa shape index (κ3) is 6.75.